The van der Waals surface area contributed by atoms with E-state index in [4.69, 9.17) is 5.73 Å². The van der Waals surface area contributed by atoms with Gasteiger partial charge in [0.2, 0.25) is 15.9 Å². The van der Waals surface area contributed by atoms with Gasteiger partial charge >= 0.3 is 0 Å². The van der Waals surface area contributed by atoms with Crippen LogP contribution in [-0.2, 0) is 16.6 Å². The van der Waals surface area contributed by atoms with E-state index in [-0.39, 0.29) is 17.0 Å². The Balaban J connectivity index is 2.18. The van der Waals surface area contributed by atoms with Crippen molar-refractivity contribution in [2.75, 3.05) is 0 Å². The SMILES string of the molecule is NC(=O)c1cccc(S(=O)(=O)NCc2ccccn2)c1. The third-order valence-electron chi connectivity index (χ3n) is 2.60. The molecular formula is C13H13N3O3S. The number of pyridine rings is 1. The van der Waals surface area contributed by atoms with E-state index >= 15 is 0 Å². The number of primary amides is 1. The zero-order chi connectivity index (χ0) is 14.6. The van der Waals surface area contributed by atoms with E-state index in [0.717, 1.165) is 0 Å². The van der Waals surface area contributed by atoms with Crippen LogP contribution in [0.4, 0.5) is 0 Å². The average molecular weight is 291 g/mol. The molecule has 0 spiro atoms. The molecule has 0 unspecified atom stereocenters. The molecule has 104 valence electrons. The summed E-state index contributed by atoms with van der Waals surface area (Å²) in [6.07, 6.45) is 1.58. The van der Waals surface area contributed by atoms with Gasteiger partial charge in [-0.3, -0.25) is 9.78 Å². The third kappa shape index (κ3) is 3.40. The van der Waals surface area contributed by atoms with E-state index in [1.807, 2.05) is 0 Å². The number of carbonyl (C=O) groups is 1. The van der Waals surface area contributed by atoms with Crippen LogP contribution in [0.25, 0.3) is 0 Å². The number of hydrogen-bond donors (Lipinski definition) is 2. The van der Waals surface area contributed by atoms with Gasteiger partial charge in [0.15, 0.2) is 0 Å². The third-order valence-corrected chi connectivity index (χ3v) is 4.00. The maximum atomic E-state index is 12.1. The van der Waals surface area contributed by atoms with Crippen LogP contribution in [0.15, 0.2) is 53.6 Å². The zero-order valence-corrected chi connectivity index (χ0v) is 11.3. The Kier molecular flexibility index (Phi) is 4.11. The summed E-state index contributed by atoms with van der Waals surface area (Å²) in [5.41, 5.74) is 5.87. The van der Waals surface area contributed by atoms with Crippen molar-refractivity contribution in [2.45, 2.75) is 11.4 Å². The maximum absolute atomic E-state index is 12.1. The number of hydrogen-bond acceptors (Lipinski definition) is 4. The van der Waals surface area contributed by atoms with E-state index in [9.17, 15) is 13.2 Å². The van der Waals surface area contributed by atoms with E-state index in [1.165, 1.54) is 24.3 Å². The number of nitrogens with two attached hydrogens (primary N) is 1. The van der Waals surface area contributed by atoms with Gasteiger partial charge in [-0.1, -0.05) is 12.1 Å². The second kappa shape index (κ2) is 5.81. The normalized spacial score (nSPS) is 11.2. The highest BCUT2D eigenvalue weighted by atomic mass is 32.2. The summed E-state index contributed by atoms with van der Waals surface area (Å²) in [6, 6.07) is 10.8. The predicted octanol–water partition coefficient (Wildman–Crippen LogP) is 0.659. The molecule has 0 saturated heterocycles. The first-order valence-electron chi connectivity index (χ1n) is 5.78. The van der Waals surface area contributed by atoms with Crippen LogP contribution in [0, 0.1) is 0 Å². The first-order valence-corrected chi connectivity index (χ1v) is 7.27. The second-order valence-electron chi connectivity index (χ2n) is 4.04. The molecule has 0 saturated carbocycles. The van der Waals surface area contributed by atoms with Crippen molar-refractivity contribution in [3.63, 3.8) is 0 Å². The molecule has 0 aliphatic carbocycles. The first-order chi connectivity index (χ1) is 9.49. The summed E-state index contributed by atoms with van der Waals surface area (Å²) >= 11 is 0. The molecular weight excluding hydrogens is 278 g/mol. The van der Waals surface area contributed by atoms with Crippen LogP contribution in [0.2, 0.25) is 0 Å². The Bertz CT molecular complexity index is 715. The van der Waals surface area contributed by atoms with Crippen LogP contribution in [0.3, 0.4) is 0 Å². The lowest BCUT2D eigenvalue weighted by molar-refractivity contribution is 0.1000. The molecule has 1 aromatic heterocycles. The molecule has 2 aromatic rings. The smallest absolute Gasteiger partial charge is 0.248 e. The van der Waals surface area contributed by atoms with Gasteiger partial charge in [0, 0.05) is 11.8 Å². The van der Waals surface area contributed by atoms with Crippen molar-refractivity contribution < 1.29 is 13.2 Å². The molecule has 7 heteroatoms. The lowest BCUT2D eigenvalue weighted by Gasteiger charge is -2.07. The number of nitrogens with one attached hydrogen (secondary N) is 1. The fourth-order valence-corrected chi connectivity index (χ4v) is 2.62. The number of benzene rings is 1. The molecule has 0 radical (unpaired) electrons. The van der Waals surface area contributed by atoms with Crippen LogP contribution in [0.1, 0.15) is 16.1 Å². The Morgan fingerprint density at radius 2 is 2.00 bits per heavy atom. The minimum absolute atomic E-state index is 0.00951. The summed E-state index contributed by atoms with van der Waals surface area (Å²) in [6.45, 7) is 0.0734. The van der Waals surface area contributed by atoms with Crippen LogP contribution < -0.4 is 10.5 Å². The molecule has 1 heterocycles. The lowest BCUT2D eigenvalue weighted by atomic mass is 10.2. The zero-order valence-electron chi connectivity index (χ0n) is 10.5. The minimum Gasteiger partial charge on any atom is -0.366 e. The highest BCUT2D eigenvalue weighted by molar-refractivity contribution is 7.89. The number of aromatic nitrogens is 1. The standard InChI is InChI=1S/C13H13N3O3S/c14-13(17)10-4-3-6-12(8-10)20(18,19)16-9-11-5-1-2-7-15-11/h1-8,16H,9H2,(H2,14,17). The molecule has 0 atom stereocenters. The van der Waals surface area contributed by atoms with Gasteiger partial charge in [0.25, 0.3) is 0 Å². The van der Waals surface area contributed by atoms with Crippen molar-refractivity contribution in [3.05, 3.63) is 59.9 Å². The fraction of sp³-hybridized carbons (Fsp3) is 0.0769. The predicted molar refractivity (Wildman–Crippen MR) is 73.2 cm³/mol. The average Bonchev–Trinajstić information content (AvgIpc) is 2.46. The van der Waals surface area contributed by atoms with E-state index in [1.54, 1.807) is 24.4 Å². The second-order valence-corrected chi connectivity index (χ2v) is 5.80. The molecule has 0 bridgehead atoms. The van der Waals surface area contributed by atoms with E-state index < -0.39 is 15.9 Å². The van der Waals surface area contributed by atoms with E-state index in [2.05, 4.69) is 9.71 Å². The minimum atomic E-state index is -3.71. The van der Waals surface area contributed by atoms with Gasteiger partial charge in [-0.2, -0.15) is 0 Å². The Morgan fingerprint density at radius 3 is 2.65 bits per heavy atom. The molecule has 0 aliphatic rings. The fourth-order valence-electron chi connectivity index (χ4n) is 1.57. The lowest BCUT2D eigenvalue weighted by Crippen LogP contribution is -2.24. The number of sulfonamides is 1. The van der Waals surface area contributed by atoms with Gasteiger partial charge in [0.1, 0.15) is 0 Å². The van der Waals surface area contributed by atoms with Gasteiger partial charge in [-0.05, 0) is 30.3 Å². The van der Waals surface area contributed by atoms with Crippen LogP contribution in [0.5, 0.6) is 0 Å². The summed E-state index contributed by atoms with van der Waals surface area (Å²) in [7, 11) is -3.71. The molecule has 0 aliphatic heterocycles. The molecule has 1 aromatic carbocycles. The summed E-state index contributed by atoms with van der Waals surface area (Å²) in [5.74, 6) is -0.674. The summed E-state index contributed by atoms with van der Waals surface area (Å²) in [5, 5.41) is 0. The van der Waals surface area contributed by atoms with Crippen molar-refractivity contribution in [2.24, 2.45) is 5.73 Å². The van der Waals surface area contributed by atoms with Crippen molar-refractivity contribution in [1.82, 2.24) is 9.71 Å². The van der Waals surface area contributed by atoms with Crippen LogP contribution in [-0.4, -0.2) is 19.3 Å². The molecule has 20 heavy (non-hydrogen) atoms. The highest BCUT2D eigenvalue weighted by Crippen LogP contribution is 2.11. The summed E-state index contributed by atoms with van der Waals surface area (Å²) in [4.78, 5) is 15.1. The number of amides is 1. The highest BCUT2D eigenvalue weighted by Gasteiger charge is 2.15. The molecule has 6 nitrogen and oxygen atoms in total. The maximum Gasteiger partial charge on any atom is 0.248 e. The molecule has 1 amide bonds. The van der Waals surface area contributed by atoms with Crippen LogP contribution >= 0.6 is 0 Å². The van der Waals surface area contributed by atoms with Crippen molar-refractivity contribution in [3.8, 4) is 0 Å². The Hall–Kier alpha value is -2.25. The molecule has 0 fully saturated rings. The largest absolute Gasteiger partial charge is 0.366 e. The molecule has 2 rings (SSSR count). The van der Waals surface area contributed by atoms with Crippen molar-refractivity contribution >= 4 is 15.9 Å². The number of carbonyl (C=O) groups excluding carboxylic acids is 1. The van der Waals surface area contributed by atoms with Crippen molar-refractivity contribution in [1.29, 1.82) is 0 Å². The van der Waals surface area contributed by atoms with Gasteiger partial charge in [-0.15, -0.1) is 0 Å². The number of nitrogens with zero attached hydrogens (tertiary/aromatic N) is 1. The monoisotopic (exact) mass is 291 g/mol. The van der Waals surface area contributed by atoms with E-state index in [0.29, 0.717) is 5.69 Å². The first kappa shape index (κ1) is 14.2. The Morgan fingerprint density at radius 1 is 1.20 bits per heavy atom. The quantitative estimate of drug-likeness (QED) is 0.844. The summed E-state index contributed by atoms with van der Waals surface area (Å²) < 4.78 is 26.6. The molecule has 3 N–H and O–H groups in total. The topological polar surface area (TPSA) is 102 Å². The number of rotatable bonds is 5. The Labute approximate surface area is 116 Å². The van der Waals surface area contributed by atoms with Gasteiger partial charge < -0.3 is 5.73 Å². The van der Waals surface area contributed by atoms with Gasteiger partial charge in [0.05, 0.1) is 17.1 Å². The van der Waals surface area contributed by atoms with Gasteiger partial charge in [-0.25, -0.2) is 13.1 Å².